The highest BCUT2D eigenvalue weighted by molar-refractivity contribution is 7.09. The minimum absolute atomic E-state index is 0.798. The fraction of sp³-hybridized carbons (Fsp3) is 0.0303. The highest BCUT2D eigenvalue weighted by Crippen LogP contribution is 2.46. The number of rotatable bonds is 3. The summed E-state index contributed by atoms with van der Waals surface area (Å²) in [5.41, 5.74) is 12.3. The number of fused-ring (bicyclic) bond motifs is 7. The molecule has 2 heterocycles. The Labute approximate surface area is 223 Å². The Morgan fingerprint density at radius 3 is 2.16 bits per heavy atom. The molecule has 0 amide bonds. The lowest BCUT2D eigenvalue weighted by Crippen LogP contribution is -2.00. The molecule has 8 rings (SSSR count). The number of hydrogen-bond donors (Lipinski definition) is 0. The molecule has 0 radical (unpaired) electrons. The van der Waals surface area contributed by atoms with Crippen LogP contribution in [0, 0.1) is 0 Å². The van der Waals surface area contributed by atoms with Gasteiger partial charge in [-0.05, 0) is 73.9 Å². The van der Waals surface area contributed by atoms with Gasteiger partial charge in [-0.1, -0.05) is 97.1 Å². The van der Waals surface area contributed by atoms with Gasteiger partial charge in [0.15, 0.2) is 0 Å². The summed E-state index contributed by atoms with van der Waals surface area (Å²) in [6.07, 6.45) is 0.962. The van der Waals surface area contributed by atoms with Gasteiger partial charge in [0.05, 0.1) is 10.6 Å². The quantitative estimate of drug-likeness (QED) is 0.244. The molecule has 0 fully saturated rings. The minimum atomic E-state index is 0.798. The van der Waals surface area contributed by atoms with Crippen LogP contribution in [0.3, 0.4) is 0 Å². The van der Waals surface area contributed by atoms with Crippen LogP contribution in [0.4, 0.5) is 0 Å². The van der Waals surface area contributed by atoms with E-state index in [1.807, 2.05) is 36.4 Å². The van der Waals surface area contributed by atoms with Gasteiger partial charge in [0, 0.05) is 16.7 Å². The van der Waals surface area contributed by atoms with Crippen LogP contribution in [0.2, 0.25) is 0 Å². The first-order valence-corrected chi connectivity index (χ1v) is 13.4. The first kappa shape index (κ1) is 21.4. The van der Waals surface area contributed by atoms with Crippen LogP contribution in [-0.4, -0.2) is 19.8 Å². The van der Waals surface area contributed by atoms with E-state index in [2.05, 4.69) is 88.2 Å². The van der Waals surface area contributed by atoms with Crippen molar-refractivity contribution in [1.82, 2.24) is 19.8 Å². The molecule has 0 saturated heterocycles. The Bertz CT molecular complexity index is 1940. The van der Waals surface area contributed by atoms with Gasteiger partial charge in [-0.25, -0.2) is 0 Å². The van der Waals surface area contributed by atoms with E-state index in [1.165, 1.54) is 44.6 Å². The van der Waals surface area contributed by atoms with Crippen molar-refractivity contribution < 1.29 is 0 Å². The van der Waals surface area contributed by atoms with Crippen LogP contribution in [0.15, 0.2) is 109 Å². The lowest BCUT2D eigenvalue weighted by Gasteiger charge is -2.13. The maximum Gasteiger partial charge on any atom is 0.116 e. The summed E-state index contributed by atoms with van der Waals surface area (Å²) in [7, 11) is 0. The average molecular weight is 505 g/mol. The molecule has 0 saturated carbocycles. The van der Waals surface area contributed by atoms with Gasteiger partial charge < -0.3 is 0 Å². The van der Waals surface area contributed by atoms with Crippen LogP contribution in [0.5, 0.6) is 0 Å². The predicted octanol–water partition coefficient (Wildman–Crippen LogP) is 8.16. The molecule has 0 spiro atoms. The molecular weight excluding hydrogens is 484 g/mol. The lowest BCUT2D eigenvalue weighted by molar-refractivity contribution is 0.880. The third-order valence-electron chi connectivity index (χ3n) is 7.50. The summed E-state index contributed by atoms with van der Waals surface area (Å²) in [5, 5.41) is 15.8. The maximum absolute atomic E-state index is 4.96. The fourth-order valence-corrected chi connectivity index (χ4v) is 6.50. The van der Waals surface area contributed by atoms with Crippen LogP contribution in [-0.2, 0) is 6.42 Å². The van der Waals surface area contributed by atoms with E-state index in [0.29, 0.717) is 0 Å². The van der Waals surface area contributed by atoms with Crippen molar-refractivity contribution in [3.8, 4) is 55.3 Å². The Kier molecular flexibility index (Phi) is 4.72. The molecule has 0 N–H and O–H groups in total. The van der Waals surface area contributed by atoms with E-state index in [1.54, 1.807) is 0 Å². The van der Waals surface area contributed by atoms with Crippen LogP contribution < -0.4 is 0 Å². The highest BCUT2D eigenvalue weighted by Gasteiger charge is 2.25. The van der Waals surface area contributed by atoms with E-state index >= 15 is 0 Å². The molecule has 4 aromatic carbocycles. The molecule has 38 heavy (non-hydrogen) atoms. The summed E-state index contributed by atoms with van der Waals surface area (Å²) in [6.45, 7) is 0. The van der Waals surface area contributed by atoms with Crippen molar-refractivity contribution in [2.24, 2.45) is 0 Å². The van der Waals surface area contributed by atoms with Crippen molar-refractivity contribution in [2.45, 2.75) is 6.42 Å². The highest BCUT2D eigenvalue weighted by atomic mass is 32.1. The average Bonchev–Trinajstić information content (AvgIpc) is 3.56. The molecular formula is C33H20N4S. The normalized spacial score (nSPS) is 12.1. The van der Waals surface area contributed by atoms with Gasteiger partial charge in [-0.15, -0.1) is 10.2 Å². The van der Waals surface area contributed by atoms with Crippen molar-refractivity contribution in [2.75, 3.05) is 0 Å². The Morgan fingerprint density at radius 1 is 0.579 bits per heavy atom. The molecule has 1 aromatic heterocycles. The molecule has 0 bridgehead atoms. The summed E-state index contributed by atoms with van der Waals surface area (Å²) in [5.74, 6) is 0. The SMILES string of the molecule is c1ccc(-c2nnnc(-c3cc4c5ccc6c(c5cc-4ns3)Cc3ccccc3-6)c2-c2ccccc2)cc1. The maximum atomic E-state index is 4.96. The van der Waals surface area contributed by atoms with Gasteiger partial charge in [0.2, 0.25) is 0 Å². The molecule has 0 unspecified atom stereocenters. The van der Waals surface area contributed by atoms with Gasteiger partial charge in [-0.3, -0.25) is 0 Å². The second-order valence-electron chi connectivity index (χ2n) is 9.61. The second kappa shape index (κ2) is 8.40. The molecule has 4 nitrogen and oxygen atoms in total. The topological polar surface area (TPSA) is 51.6 Å². The van der Waals surface area contributed by atoms with E-state index in [0.717, 1.165) is 50.6 Å². The molecule has 3 aliphatic rings. The Hall–Kier alpha value is -4.74. The Balaban J connectivity index is 1.35. The van der Waals surface area contributed by atoms with Gasteiger partial charge in [0.1, 0.15) is 11.4 Å². The zero-order valence-corrected chi connectivity index (χ0v) is 21.1. The molecule has 1 aliphatic heterocycles. The molecule has 0 atom stereocenters. The van der Waals surface area contributed by atoms with Crippen LogP contribution >= 0.6 is 11.5 Å². The molecule has 2 aliphatic carbocycles. The van der Waals surface area contributed by atoms with Crippen molar-refractivity contribution in [3.05, 3.63) is 120 Å². The van der Waals surface area contributed by atoms with Gasteiger partial charge >= 0.3 is 0 Å². The standard InChI is InChI=1S/C33H20N4S/c1-3-9-20(10-4-1)31-32(21-11-5-2-6-12-21)34-37-35-33(31)30-19-28-25-16-15-24-23-14-8-7-13-22(23)17-26(24)27(25)18-29(28)36-38-30/h1-16,18-19H,17H2. The fourth-order valence-electron chi connectivity index (χ4n) is 5.75. The first-order valence-electron chi connectivity index (χ1n) is 12.6. The first-order chi connectivity index (χ1) is 18.8. The van der Waals surface area contributed by atoms with Crippen LogP contribution in [0.25, 0.3) is 66.1 Å². The summed E-state index contributed by atoms with van der Waals surface area (Å²) >= 11 is 1.46. The summed E-state index contributed by atoms with van der Waals surface area (Å²) in [6, 6.07) is 38.2. The van der Waals surface area contributed by atoms with Crippen molar-refractivity contribution in [3.63, 3.8) is 0 Å². The number of hydrogen-bond acceptors (Lipinski definition) is 5. The molecule has 5 aromatic rings. The zero-order chi connectivity index (χ0) is 25.1. The largest absolute Gasteiger partial charge is 0.192 e. The lowest BCUT2D eigenvalue weighted by atomic mass is 9.97. The van der Waals surface area contributed by atoms with E-state index < -0.39 is 0 Å². The minimum Gasteiger partial charge on any atom is -0.192 e. The summed E-state index contributed by atoms with van der Waals surface area (Å²) in [4.78, 5) is 0.972. The summed E-state index contributed by atoms with van der Waals surface area (Å²) < 4.78 is 4.96. The Morgan fingerprint density at radius 2 is 1.32 bits per heavy atom. The second-order valence-corrected chi connectivity index (χ2v) is 10.4. The monoisotopic (exact) mass is 504 g/mol. The van der Waals surface area contributed by atoms with Gasteiger partial charge in [0.25, 0.3) is 0 Å². The number of nitrogens with zero attached hydrogens (tertiary/aromatic N) is 4. The van der Waals surface area contributed by atoms with Crippen molar-refractivity contribution >= 4 is 22.3 Å². The molecule has 178 valence electrons. The number of benzene rings is 4. The van der Waals surface area contributed by atoms with Crippen LogP contribution in [0.1, 0.15) is 11.1 Å². The smallest absolute Gasteiger partial charge is 0.116 e. The third-order valence-corrected chi connectivity index (χ3v) is 8.30. The van der Waals surface area contributed by atoms with E-state index in [9.17, 15) is 0 Å². The van der Waals surface area contributed by atoms with E-state index in [4.69, 9.17) is 4.37 Å². The van der Waals surface area contributed by atoms with Crippen molar-refractivity contribution in [1.29, 1.82) is 0 Å². The number of aromatic nitrogens is 4. The van der Waals surface area contributed by atoms with E-state index in [-0.39, 0.29) is 0 Å². The third kappa shape index (κ3) is 3.22. The van der Waals surface area contributed by atoms with Gasteiger partial charge in [-0.2, -0.15) is 4.37 Å². The zero-order valence-electron chi connectivity index (χ0n) is 20.3. The predicted molar refractivity (Wildman–Crippen MR) is 154 cm³/mol. The molecule has 5 heteroatoms.